The van der Waals surface area contributed by atoms with Gasteiger partial charge in [0.1, 0.15) is 5.60 Å². The number of hydrogen-bond donors (Lipinski definition) is 1. The summed E-state index contributed by atoms with van der Waals surface area (Å²) in [7, 11) is 0. The number of rotatable bonds is 3. The van der Waals surface area contributed by atoms with E-state index in [1.165, 1.54) is 19.3 Å². The molecular weight excluding hydrogens is 230 g/mol. The molecule has 104 valence electrons. The third-order valence-corrected chi connectivity index (χ3v) is 3.50. The third-order valence-electron chi connectivity index (χ3n) is 3.50. The second-order valence-corrected chi connectivity index (χ2v) is 6.80. The Morgan fingerprint density at radius 1 is 1.17 bits per heavy atom. The highest BCUT2D eigenvalue weighted by atomic mass is 16.6. The van der Waals surface area contributed by atoms with Gasteiger partial charge < -0.3 is 10.1 Å². The summed E-state index contributed by atoms with van der Waals surface area (Å²) in [5, 5.41) is 2.68. The van der Waals surface area contributed by atoms with Crippen molar-refractivity contribution in [1.29, 1.82) is 0 Å². The number of ether oxygens (including phenoxy) is 1. The van der Waals surface area contributed by atoms with Crippen LogP contribution in [0.2, 0.25) is 0 Å². The van der Waals surface area contributed by atoms with Crippen LogP contribution in [0.1, 0.15) is 53.9 Å². The van der Waals surface area contributed by atoms with Gasteiger partial charge in [0.05, 0.1) is 0 Å². The maximum absolute atomic E-state index is 11.6. The maximum atomic E-state index is 11.6. The van der Waals surface area contributed by atoms with E-state index in [0.717, 1.165) is 0 Å². The van der Waals surface area contributed by atoms with Gasteiger partial charge in [0.2, 0.25) is 0 Å². The Hall–Kier alpha value is -1.06. The summed E-state index contributed by atoms with van der Waals surface area (Å²) in [4.78, 5) is 23.1. The molecule has 0 aromatic heterocycles. The van der Waals surface area contributed by atoms with Crippen LogP contribution in [-0.2, 0) is 14.3 Å². The van der Waals surface area contributed by atoms with Crippen molar-refractivity contribution in [3.05, 3.63) is 0 Å². The van der Waals surface area contributed by atoms with Gasteiger partial charge in [-0.15, -0.1) is 0 Å². The Balaban J connectivity index is 2.38. The van der Waals surface area contributed by atoms with Crippen molar-refractivity contribution in [3.8, 4) is 0 Å². The summed E-state index contributed by atoms with van der Waals surface area (Å²) in [5.41, 5.74) is -0.576. The van der Waals surface area contributed by atoms with Gasteiger partial charge >= 0.3 is 11.9 Å². The fraction of sp³-hybridized carbons (Fsp3) is 0.857. The first kappa shape index (κ1) is 15.0. The fourth-order valence-corrected chi connectivity index (χ4v) is 2.04. The zero-order valence-corrected chi connectivity index (χ0v) is 12.1. The van der Waals surface area contributed by atoms with Gasteiger partial charge in [-0.1, -0.05) is 20.3 Å². The Morgan fingerprint density at radius 2 is 1.72 bits per heavy atom. The SMILES string of the molecule is CC(C)(C)OC(=O)C(=O)NCC(C)(C)C1CCC1. The first-order valence-electron chi connectivity index (χ1n) is 6.63. The van der Waals surface area contributed by atoms with E-state index in [9.17, 15) is 9.59 Å². The quantitative estimate of drug-likeness (QED) is 0.621. The number of carbonyl (C=O) groups is 2. The Morgan fingerprint density at radius 3 is 2.11 bits per heavy atom. The lowest BCUT2D eigenvalue weighted by Crippen LogP contribution is -2.44. The van der Waals surface area contributed by atoms with Gasteiger partial charge in [0, 0.05) is 6.54 Å². The lowest BCUT2D eigenvalue weighted by molar-refractivity contribution is -0.163. The van der Waals surface area contributed by atoms with Crippen LogP contribution < -0.4 is 5.32 Å². The molecule has 18 heavy (non-hydrogen) atoms. The molecule has 4 nitrogen and oxygen atoms in total. The molecule has 1 aliphatic rings. The van der Waals surface area contributed by atoms with Crippen molar-refractivity contribution in [2.45, 2.75) is 59.5 Å². The zero-order chi connectivity index (χ0) is 14.0. The van der Waals surface area contributed by atoms with E-state index in [-0.39, 0.29) is 5.41 Å². The van der Waals surface area contributed by atoms with Crippen LogP contribution in [0, 0.1) is 11.3 Å². The Labute approximate surface area is 109 Å². The van der Waals surface area contributed by atoms with Crippen LogP contribution in [0.5, 0.6) is 0 Å². The van der Waals surface area contributed by atoms with E-state index in [0.29, 0.717) is 12.5 Å². The summed E-state index contributed by atoms with van der Waals surface area (Å²) in [5.74, 6) is -0.791. The van der Waals surface area contributed by atoms with Crippen LogP contribution in [0.25, 0.3) is 0 Å². The van der Waals surface area contributed by atoms with Crippen LogP contribution in [-0.4, -0.2) is 24.0 Å². The van der Waals surface area contributed by atoms with E-state index in [4.69, 9.17) is 4.74 Å². The number of amides is 1. The topological polar surface area (TPSA) is 55.4 Å². The van der Waals surface area contributed by atoms with Crippen LogP contribution in [0.3, 0.4) is 0 Å². The van der Waals surface area contributed by atoms with E-state index in [1.54, 1.807) is 20.8 Å². The average Bonchev–Trinajstić information content (AvgIpc) is 2.07. The minimum absolute atomic E-state index is 0.0515. The number of carbonyl (C=O) groups excluding carboxylic acids is 2. The molecule has 1 aliphatic carbocycles. The average molecular weight is 255 g/mol. The zero-order valence-electron chi connectivity index (χ0n) is 12.1. The van der Waals surface area contributed by atoms with Gasteiger partial charge in [0.25, 0.3) is 0 Å². The molecule has 1 saturated carbocycles. The van der Waals surface area contributed by atoms with Crippen LogP contribution in [0.15, 0.2) is 0 Å². The van der Waals surface area contributed by atoms with Crippen molar-refractivity contribution in [3.63, 3.8) is 0 Å². The fourth-order valence-electron chi connectivity index (χ4n) is 2.04. The molecule has 0 aromatic carbocycles. The van der Waals surface area contributed by atoms with E-state index in [2.05, 4.69) is 19.2 Å². The highest BCUT2D eigenvalue weighted by Crippen LogP contribution is 2.41. The Kier molecular flexibility index (Phi) is 4.41. The predicted molar refractivity (Wildman–Crippen MR) is 70.0 cm³/mol. The molecule has 0 radical (unpaired) electrons. The number of esters is 1. The summed E-state index contributed by atoms with van der Waals surface area (Å²) >= 11 is 0. The minimum atomic E-state index is -0.799. The second-order valence-electron chi connectivity index (χ2n) is 6.80. The Bertz CT molecular complexity index is 324. The standard InChI is InChI=1S/C14H25NO3/c1-13(2,3)18-12(17)11(16)15-9-14(4,5)10-7-6-8-10/h10H,6-9H2,1-5H3,(H,15,16). The lowest BCUT2D eigenvalue weighted by Gasteiger charge is -2.40. The predicted octanol–water partition coefficient (Wildman–Crippen LogP) is 2.27. The molecule has 0 unspecified atom stereocenters. The molecule has 0 aromatic rings. The highest BCUT2D eigenvalue weighted by Gasteiger charge is 2.34. The summed E-state index contributed by atoms with van der Waals surface area (Å²) in [6.07, 6.45) is 3.71. The molecule has 1 fully saturated rings. The first-order valence-corrected chi connectivity index (χ1v) is 6.63. The van der Waals surface area contributed by atoms with E-state index < -0.39 is 17.5 Å². The molecular formula is C14H25NO3. The minimum Gasteiger partial charge on any atom is -0.453 e. The van der Waals surface area contributed by atoms with Crippen LogP contribution >= 0.6 is 0 Å². The highest BCUT2D eigenvalue weighted by molar-refractivity contribution is 6.32. The number of nitrogens with one attached hydrogen (secondary N) is 1. The van der Waals surface area contributed by atoms with Gasteiger partial charge in [-0.25, -0.2) is 4.79 Å². The second kappa shape index (κ2) is 5.29. The van der Waals surface area contributed by atoms with Crippen LogP contribution in [0.4, 0.5) is 0 Å². The molecule has 0 bridgehead atoms. The molecule has 0 atom stereocenters. The molecule has 0 heterocycles. The molecule has 1 N–H and O–H groups in total. The summed E-state index contributed by atoms with van der Waals surface area (Å²) < 4.78 is 5.01. The molecule has 0 saturated heterocycles. The van der Waals surface area contributed by atoms with E-state index in [1.807, 2.05) is 0 Å². The van der Waals surface area contributed by atoms with Crippen molar-refractivity contribution in [2.75, 3.05) is 6.54 Å². The molecule has 0 aliphatic heterocycles. The van der Waals surface area contributed by atoms with Gasteiger partial charge in [-0.2, -0.15) is 0 Å². The maximum Gasteiger partial charge on any atom is 0.397 e. The van der Waals surface area contributed by atoms with Gasteiger partial charge in [0.15, 0.2) is 0 Å². The molecule has 1 amide bonds. The smallest absolute Gasteiger partial charge is 0.397 e. The molecule has 0 spiro atoms. The third kappa shape index (κ3) is 4.31. The van der Waals surface area contributed by atoms with Gasteiger partial charge in [-0.05, 0) is 44.9 Å². The van der Waals surface area contributed by atoms with Crippen molar-refractivity contribution in [2.24, 2.45) is 11.3 Å². The molecule has 1 rings (SSSR count). The summed E-state index contributed by atoms with van der Waals surface area (Å²) in [6, 6.07) is 0. The van der Waals surface area contributed by atoms with Crippen molar-refractivity contribution < 1.29 is 14.3 Å². The monoisotopic (exact) mass is 255 g/mol. The van der Waals surface area contributed by atoms with Gasteiger partial charge in [-0.3, -0.25) is 4.79 Å². The number of hydrogen-bond acceptors (Lipinski definition) is 3. The largest absolute Gasteiger partial charge is 0.453 e. The summed E-state index contributed by atoms with van der Waals surface area (Å²) in [6.45, 7) is 10.0. The van der Waals surface area contributed by atoms with E-state index >= 15 is 0 Å². The van der Waals surface area contributed by atoms with Crippen molar-refractivity contribution >= 4 is 11.9 Å². The first-order chi connectivity index (χ1) is 8.12. The molecule has 4 heteroatoms. The van der Waals surface area contributed by atoms with Crippen molar-refractivity contribution in [1.82, 2.24) is 5.32 Å². The normalized spacial score (nSPS) is 16.9. The lowest BCUT2D eigenvalue weighted by atomic mass is 9.67.